The number of rotatable bonds is 4. The Balaban J connectivity index is 1.68. The highest BCUT2D eigenvalue weighted by molar-refractivity contribution is 7.99. The molecule has 0 N–H and O–H groups in total. The minimum atomic E-state index is 0.830. The van der Waals surface area contributed by atoms with Crippen LogP contribution in [0.5, 0.6) is 0 Å². The first kappa shape index (κ1) is 13.6. The van der Waals surface area contributed by atoms with E-state index >= 15 is 0 Å². The van der Waals surface area contributed by atoms with Gasteiger partial charge in [-0.15, -0.1) is 5.10 Å². The lowest BCUT2D eigenvalue weighted by atomic mass is 9.91. The van der Waals surface area contributed by atoms with Crippen molar-refractivity contribution in [2.45, 2.75) is 44.2 Å². The molecule has 0 bridgehead atoms. The van der Waals surface area contributed by atoms with Gasteiger partial charge in [0.25, 0.3) is 0 Å². The van der Waals surface area contributed by atoms with E-state index in [-0.39, 0.29) is 0 Å². The molecule has 5 heteroatoms. The van der Waals surface area contributed by atoms with Crippen molar-refractivity contribution in [3.63, 3.8) is 0 Å². The summed E-state index contributed by atoms with van der Waals surface area (Å²) in [6.45, 7) is 2.09. The maximum atomic E-state index is 4.16. The van der Waals surface area contributed by atoms with Gasteiger partial charge in [-0.3, -0.25) is 0 Å². The van der Waals surface area contributed by atoms with Gasteiger partial charge in [0, 0.05) is 5.75 Å². The van der Waals surface area contributed by atoms with Crippen LogP contribution in [0.25, 0.3) is 5.69 Å². The second-order valence-corrected chi connectivity index (χ2v) is 6.51. The van der Waals surface area contributed by atoms with Crippen molar-refractivity contribution < 1.29 is 0 Å². The van der Waals surface area contributed by atoms with Gasteiger partial charge in [-0.05, 0) is 48.2 Å². The van der Waals surface area contributed by atoms with Crippen LogP contribution in [-0.4, -0.2) is 26.0 Å². The average molecular weight is 288 g/mol. The first-order valence-electron chi connectivity index (χ1n) is 7.31. The summed E-state index contributed by atoms with van der Waals surface area (Å²) < 4.78 is 1.84. The van der Waals surface area contributed by atoms with E-state index in [1.54, 1.807) is 11.8 Å². The molecular weight excluding hydrogens is 268 g/mol. The highest BCUT2D eigenvalue weighted by Crippen LogP contribution is 2.29. The van der Waals surface area contributed by atoms with Crippen LogP contribution in [0.4, 0.5) is 0 Å². The number of benzene rings is 1. The molecular formula is C15H20N4S. The summed E-state index contributed by atoms with van der Waals surface area (Å²) in [6, 6.07) is 8.31. The number of tetrazole rings is 1. The topological polar surface area (TPSA) is 43.6 Å². The van der Waals surface area contributed by atoms with E-state index in [0.29, 0.717) is 0 Å². The molecule has 0 amide bonds. The van der Waals surface area contributed by atoms with Gasteiger partial charge in [-0.1, -0.05) is 48.7 Å². The van der Waals surface area contributed by atoms with Gasteiger partial charge in [-0.2, -0.15) is 4.68 Å². The smallest absolute Gasteiger partial charge is 0.188 e. The summed E-state index contributed by atoms with van der Waals surface area (Å²) in [5.41, 5.74) is 2.28. The summed E-state index contributed by atoms with van der Waals surface area (Å²) in [6.07, 6.45) is 6.89. The predicted molar refractivity (Wildman–Crippen MR) is 81.2 cm³/mol. The largest absolute Gasteiger partial charge is 0.214 e. The third-order valence-corrected chi connectivity index (χ3v) is 5.04. The summed E-state index contributed by atoms with van der Waals surface area (Å²) in [7, 11) is 0. The lowest BCUT2D eigenvalue weighted by molar-refractivity contribution is 0.390. The molecule has 1 fully saturated rings. The van der Waals surface area contributed by atoms with E-state index in [1.807, 2.05) is 4.68 Å². The number of aromatic nitrogens is 4. The van der Waals surface area contributed by atoms with Crippen LogP contribution in [0.1, 0.15) is 37.7 Å². The standard InChI is InChI=1S/C15H20N4S/c1-12-7-9-14(10-8-12)19-15(16-17-18-19)20-11-13-5-3-2-4-6-13/h7-10,13H,2-6,11H2,1H3. The van der Waals surface area contributed by atoms with Gasteiger partial charge in [0.2, 0.25) is 5.16 Å². The van der Waals surface area contributed by atoms with Gasteiger partial charge < -0.3 is 0 Å². The molecule has 1 aromatic heterocycles. The first-order valence-corrected chi connectivity index (χ1v) is 8.30. The van der Waals surface area contributed by atoms with Crippen molar-refractivity contribution in [1.29, 1.82) is 0 Å². The lowest BCUT2D eigenvalue weighted by Crippen LogP contribution is -2.09. The Kier molecular flexibility index (Phi) is 4.35. The van der Waals surface area contributed by atoms with Crippen molar-refractivity contribution in [2.75, 3.05) is 5.75 Å². The van der Waals surface area contributed by atoms with Crippen LogP contribution in [0.3, 0.4) is 0 Å². The van der Waals surface area contributed by atoms with Gasteiger partial charge >= 0.3 is 0 Å². The summed E-state index contributed by atoms with van der Waals surface area (Å²) in [5, 5.41) is 13.0. The fourth-order valence-corrected chi connectivity index (χ4v) is 3.74. The first-order chi connectivity index (χ1) is 9.83. The Morgan fingerprint density at radius 2 is 1.90 bits per heavy atom. The van der Waals surface area contributed by atoms with E-state index in [2.05, 4.69) is 46.7 Å². The van der Waals surface area contributed by atoms with Crippen LogP contribution in [-0.2, 0) is 0 Å². The van der Waals surface area contributed by atoms with E-state index in [4.69, 9.17) is 0 Å². The SMILES string of the molecule is Cc1ccc(-n2nnnc2SCC2CCCCC2)cc1. The van der Waals surface area contributed by atoms with E-state index in [0.717, 1.165) is 22.5 Å². The summed E-state index contributed by atoms with van der Waals surface area (Å²) in [5.74, 6) is 1.96. The fourth-order valence-electron chi connectivity index (χ4n) is 2.66. The van der Waals surface area contributed by atoms with Crippen LogP contribution in [0.2, 0.25) is 0 Å². The number of aryl methyl sites for hydroxylation is 1. The molecule has 2 aromatic rings. The van der Waals surface area contributed by atoms with Crippen molar-refractivity contribution in [1.82, 2.24) is 20.2 Å². The molecule has 0 atom stereocenters. The maximum absolute atomic E-state index is 4.16. The van der Waals surface area contributed by atoms with Crippen LogP contribution >= 0.6 is 11.8 Å². The van der Waals surface area contributed by atoms with Crippen molar-refractivity contribution >= 4 is 11.8 Å². The minimum Gasteiger partial charge on any atom is -0.188 e. The fraction of sp³-hybridized carbons (Fsp3) is 0.533. The Morgan fingerprint density at radius 1 is 1.15 bits per heavy atom. The molecule has 0 unspecified atom stereocenters. The van der Waals surface area contributed by atoms with Crippen LogP contribution in [0.15, 0.2) is 29.4 Å². The monoisotopic (exact) mass is 288 g/mol. The number of thioether (sulfide) groups is 1. The molecule has 0 aliphatic heterocycles. The van der Waals surface area contributed by atoms with Gasteiger partial charge in [-0.25, -0.2) is 0 Å². The second kappa shape index (κ2) is 6.39. The zero-order valence-electron chi connectivity index (χ0n) is 11.8. The van der Waals surface area contributed by atoms with E-state index in [9.17, 15) is 0 Å². The quantitative estimate of drug-likeness (QED) is 0.806. The number of hydrogen-bond donors (Lipinski definition) is 0. The molecule has 3 rings (SSSR count). The highest BCUT2D eigenvalue weighted by atomic mass is 32.2. The molecule has 0 radical (unpaired) electrons. The molecule has 1 aliphatic carbocycles. The Hall–Kier alpha value is -1.36. The molecule has 0 spiro atoms. The summed E-state index contributed by atoms with van der Waals surface area (Å²) >= 11 is 1.79. The Labute approximate surface area is 124 Å². The van der Waals surface area contributed by atoms with E-state index < -0.39 is 0 Å². The molecule has 1 aromatic carbocycles. The Bertz CT molecular complexity index is 543. The highest BCUT2D eigenvalue weighted by Gasteiger charge is 2.16. The summed E-state index contributed by atoms with van der Waals surface area (Å²) in [4.78, 5) is 0. The van der Waals surface area contributed by atoms with E-state index in [1.165, 1.54) is 37.7 Å². The number of hydrogen-bond acceptors (Lipinski definition) is 4. The molecule has 0 saturated heterocycles. The Morgan fingerprint density at radius 3 is 2.65 bits per heavy atom. The van der Waals surface area contributed by atoms with Gasteiger partial charge in [0.1, 0.15) is 0 Å². The van der Waals surface area contributed by atoms with Crippen LogP contribution < -0.4 is 0 Å². The minimum absolute atomic E-state index is 0.830. The molecule has 106 valence electrons. The molecule has 1 saturated carbocycles. The number of nitrogens with zero attached hydrogens (tertiary/aromatic N) is 4. The van der Waals surface area contributed by atoms with Crippen molar-refractivity contribution in [3.05, 3.63) is 29.8 Å². The average Bonchev–Trinajstić information content (AvgIpc) is 2.95. The molecule has 1 aliphatic rings. The zero-order valence-corrected chi connectivity index (χ0v) is 12.6. The van der Waals surface area contributed by atoms with Crippen molar-refractivity contribution in [3.8, 4) is 5.69 Å². The predicted octanol–water partition coefficient (Wildman–Crippen LogP) is 3.64. The molecule has 20 heavy (non-hydrogen) atoms. The van der Waals surface area contributed by atoms with Gasteiger partial charge in [0.05, 0.1) is 5.69 Å². The third-order valence-electron chi connectivity index (χ3n) is 3.89. The third kappa shape index (κ3) is 3.20. The normalized spacial score (nSPS) is 16.4. The lowest BCUT2D eigenvalue weighted by Gasteiger charge is -2.20. The zero-order chi connectivity index (χ0) is 13.8. The molecule has 1 heterocycles. The molecule has 4 nitrogen and oxygen atoms in total. The maximum Gasteiger partial charge on any atom is 0.214 e. The second-order valence-electron chi connectivity index (χ2n) is 5.52. The van der Waals surface area contributed by atoms with Crippen molar-refractivity contribution in [2.24, 2.45) is 5.92 Å². The van der Waals surface area contributed by atoms with Crippen LogP contribution in [0, 0.1) is 12.8 Å². The van der Waals surface area contributed by atoms with Gasteiger partial charge in [0.15, 0.2) is 0 Å².